The molecule has 106 valence electrons. The summed E-state index contributed by atoms with van der Waals surface area (Å²) in [6.45, 7) is 6.06. The Balaban J connectivity index is 2.14. The monoisotopic (exact) mass is 266 g/mol. The van der Waals surface area contributed by atoms with E-state index >= 15 is 0 Å². The van der Waals surface area contributed by atoms with E-state index in [1.165, 1.54) is 0 Å². The van der Waals surface area contributed by atoms with Crippen LogP contribution in [0.25, 0.3) is 0 Å². The number of hydrogen-bond donors (Lipinski definition) is 1. The summed E-state index contributed by atoms with van der Waals surface area (Å²) in [5, 5.41) is 17.2. The highest BCUT2D eigenvalue weighted by Crippen LogP contribution is 2.43. The first-order valence-corrected chi connectivity index (χ1v) is 6.85. The van der Waals surface area contributed by atoms with Crippen LogP contribution in [0.1, 0.15) is 64.7 Å². The molecular formula is C14H22N2O3. The average Bonchev–Trinajstić information content (AvgIpc) is 2.86. The van der Waals surface area contributed by atoms with E-state index in [1.54, 1.807) is 0 Å². The molecule has 2 rings (SSSR count). The largest absolute Gasteiger partial charge is 0.481 e. The lowest BCUT2D eigenvalue weighted by Gasteiger charge is -2.25. The van der Waals surface area contributed by atoms with Crippen molar-refractivity contribution in [3.8, 4) is 0 Å². The van der Waals surface area contributed by atoms with Crippen LogP contribution in [0.5, 0.6) is 0 Å². The summed E-state index contributed by atoms with van der Waals surface area (Å²) >= 11 is 0. The first-order chi connectivity index (χ1) is 8.81. The van der Waals surface area contributed by atoms with E-state index in [4.69, 9.17) is 9.52 Å². The van der Waals surface area contributed by atoms with Gasteiger partial charge in [-0.3, -0.25) is 4.79 Å². The van der Waals surface area contributed by atoms with Crippen molar-refractivity contribution in [2.75, 3.05) is 0 Å². The van der Waals surface area contributed by atoms with E-state index in [1.807, 2.05) is 20.8 Å². The lowest BCUT2D eigenvalue weighted by Crippen LogP contribution is -2.24. The maximum Gasteiger partial charge on any atom is 0.303 e. The van der Waals surface area contributed by atoms with E-state index in [-0.39, 0.29) is 17.3 Å². The predicted octanol–water partition coefficient (Wildman–Crippen LogP) is 2.94. The maximum absolute atomic E-state index is 11.0. The molecule has 0 spiro atoms. The molecule has 1 N–H and O–H groups in total. The van der Waals surface area contributed by atoms with Gasteiger partial charge in [0.25, 0.3) is 0 Å². The minimum atomic E-state index is -0.738. The van der Waals surface area contributed by atoms with Crippen LogP contribution in [-0.4, -0.2) is 21.3 Å². The zero-order valence-corrected chi connectivity index (χ0v) is 11.9. The summed E-state index contributed by atoms with van der Waals surface area (Å²) in [7, 11) is 0. The van der Waals surface area contributed by atoms with Crippen LogP contribution in [0.15, 0.2) is 4.42 Å². The summed E-state index contributed by atoms with van der Waals surface area (Å²) in [4.78, 5) is 11.0. The summed E-state index contributed by atoms with van der Waals surface area (Å²) in [6, 6.07) is 0. The first-order valence-electron chi connectivity index (χ1n) is 6.85. The Kier molecular flexibility index (Phi) is 3.65. The fourth-order valence-corrected chi connectivity index (χ4v) is 2.81. The summed E-state index contributed by atoms with van der Waals surface area (Å²) in [5.74, 6) is 0.455. The van der Waals surface area contributed by atoms with Gasteiger partial charge in [0.05, 0.1) is 6.42 Å². The molecule has 0 radical (unpaired) electrons. The fraction of sp³-hybridized carbons (Fsp3) is 0.786. The topological polar surface area (TPSA) is 76.2 Å². The molecule has 1 heterocycles. The van der Waals surface area contributed by atoms with Crippen LogP contribution >= 0.6 is 0 Å². The zero-order valence-electron chi connectivity index (χ0n) is 11.9. The smallest absolute Gasteiger partial charge is 0.303 e. The molecule has 1 saturated carbocycles. The molecule has 1 aliphatic rings. The molecule has 0 saturated heterocycles. The van der Waals surface area contributed by atoms with Crippen LogP contribution in [0, 0.1) is 5.41 Å². The molecule has 5 heteroatoms. The van der Waals surface area contributed by atoms with Crippen molar-refractivity contribution in [2.24, 2.45) is 5.41 Å². The van der Waals surface area contributed by atoms with E-state index in [0.717, 1.165) is 25.7 Å². The predicted molar refractivity (Wildman–Crippen MR) is 69.9 cm³/mol. The summed E-state index contributed by atoms with van der Waals surface area (Å²) in [6.07, 6.45) is 4.84. The molecule has 1 aromatic rings. The van der Waals surface area contributed by atoms with E-state index in [0.29, 0.717) is 18.2 Å². The minimum Gasteiger partial charge on any atom is -0.481 e. The Morgan fingerprint density at radius 1 is 1.32 bits per heavy atom. The number of hydrogen-bond acceptors (Lipinski definition) is 4. The highest BCUT2D eigenvalue weighted by Gasteiger charge is 2.38. The van der Waals surface area contributed by atoms with Crippen molar-refractivity contribution < 1.29 is 14.3 Å². The van der Waals surface area contributed by atoms with Gasteiger partial charge in [0, 0.05) is 11.8 Å². The second-order valence-corrected chi connectivity index (χ2v) is 6.71. The van der Waals surface area contributed by atoms with Crippen LogP contribution in [-0.2, 0) is 16.6 Å². The number of carboxylic acid groups (broad SMARTS) is 1. The number of nitrogens with zero attached hydrogens (tertiary/aromatic N) is 2. The number of rotatable bonds is 4. The third-order valence-electron chi connectivity index (χ3n) is 3.83. The summed E-state index contributed by atoms with van der Waals surface area (Å²) in [5.41, 5.74) is -0.353. The van der Waals surface area contributed by atoms with Gasteiger partial charge in [0.1, 0.15) is 0 Å². The highest BCUT2D eigenvalue weighted by molar-refractivity contribution is 5.67. The quantitative estimate of drug-likeness (QED) is 0.906. The third kappa shape index (κ3) is 3.33. The van der Waals surface area contributed by atoms with Gasteiger partial charge >= 0.3 is 5.97 Å². The molecule has 0 atom stereocenters. The summed E-state index contributed by atoms with van der Waals surface area (Å²) < 4.78 is 5.70. The Labute approximate surface area is 113 Å². The molecular weight excluding hydrogens is 244 g/mol. The van der Waals surface area contributed by atoms with Gasteiger partial charge in [-0.05, 0) is 18.3 Å². The van der Waals surface area contributed by atoms with Crippen molar-refractivity contribution in [1.29, 1.82) is 0 Å². The van der Waals surface area contributed by atoms with Gasteiger partial charge in [0.2, 0.25) is 11.8 Å². The molecule has 1 fully saturated rings. The lowest BCUT2D eigenvalue weighted by atomic mass is 9.79. The normalized spacial score (nSPS) is 18.7. The molecule has 0 amide bonds. The van der Waals surface area contributed by atoms with Crippen LogP contribution < -0.4 is 0 Å². The highest BCUT2D eigenvalue weighted by atomic mass is 16.4. The second kappa shape index (κ2) is 4.94. The molecule has 1 aliphatic carbocycles. The van der Waals surface area contributed by atoms with Gasteiger partial charge < -0.3 is 9.52 Å². The van der Waals surface area contributed by atoms with E-state index in [2.05, 4.69) is 10.2 Å². The first kappa shape index (κ1) is 14.0. The number of carboxylic acids is 1. The number of carbonyl (C=O) groups is 1. The fourth-order valence-electron chi connectivity index (χ4n) is 2.81. The molecule has 19 heavy (non-hydrogen) atoms. The molecule has 0 aromatic carbocycles. The third-order valence-corrected chi connectivity index (χ3v) is 3.83. The second-order valence-electron chi connectivity index (χ2n) is 6.71. The van der Waals surface area contributed by atoms with Gasteiger partial charge in [0.15, 0.2) is 0 Å². The maximum atomic E-state index is 11.0. The van der Waals surface area contributed by atoms with E-state index < -0.39 is 5.97 Å². The SMILES string of the molecule is CC(C)(C)c1nnc(CC2(CC(=O)O)CCCC2)o1. The van der Waals surface area contributed by atoms with Crippen LogP contribution in [0.2, 0.25) is 0 Å². The average molecular weight is 266 g/mol. The van der Waals surface area contributed by atoms with E-state index in [9.17, 15) is 4.79 Å². The van der Waals surface area contributed by atoms with Gasteiger partial charge in [-0.25, -0.2) is 0 Å². The number of aromatic nitrogens is 2. The Morgan fingerprint density at radius 2 is 1.95 bits per heavy atom. The number of aliphatic carboxylic acids is 1. The van der Waals surface area contributed by atoms with Gasteiger partial charge in [-0.15, -0.1) is 10.2 Å². The van der Waals surface area contributed by atoms with Crippen LogP contribution in [0.4, 0.5) is 0 Å². The lowest BCUT2D eigenvalue weighted by molar-refractivity contribution is -0.139. The van der Waals surface area contributed by atoms with Crippen molar-refractivity contribution in [2.45, 2.75) is 64.7 Å². The van der Waals surface area contributed by atoms with Crippen molar-refractivity contribution in [1.82, 2.24) is 10.2 Å². The Bertz CT molecular complexity index is 454. The Morgan fingerprint density at radius 3 is 2.42 bits per heavy atom. The standard InChI is InChI=1S/C14H22N2O3/c1-13(2,3)12-16-15-10(19-12)8-14(9-11(17)18)6-4-5-7-14/h4-9H2,1-3H3,(H,17,18). The minimum absolute atomic E-state index is 0.166. The van der Waals surface area contributed by atoms with Crippen molar-refractivity contribution >= 4 is 5.97 Å². The zero-order chi connectivity index (χ0) is 14.1. The van der Waals surface area contributed by atoms with Gasteiger partial charge in [-0.1, -0.05) is 33.6 Å². The van der Waals surface area contributed by atoms with Gasteiger partial charge in [-0.2, -0.15) is 0 Å². The van der Waals surface area contributed by atoms with Crippen LogP contribution in [0.3, 0.4) is 0 Å². The Hall–Kier alpha value is -1.39. The molecule has 0 unspecified atom stereocenters. The molecule has 0 aliphatic heterocycles. The molecule has 0 bridgehead atoms. The van der Waals surface area contributed by atoms with Crippen molar-refractivity contribution in [3.05, 3.63) is 11.8 Å². The molecule has 1 aromatic heterocycles. The molecule has 5 nitrogen and oxygen atoms in total. The van der Waals surface area contributed by atoms with Crippen molar-refractivity contribution in [3.63, 3.8) is 0 Å².